The molecule has 0 fully saturated rings. The van der Waals surface area contributed by atoms with Gasteiger partial charge in [0, 0.05) is 26.5 Å². The zero-order valence-electron chi connectivity index (χ0n) is 29.6. The third kappa shape index (κ3) is 4.43. The van der Waals surface area contributed by atoms with Gasteiger partial charge in [0.2, 0.25) is 0 Å². The number of anilines is 3. The van der Waals surface area contributed by atoms with Crippen molar-refractivity contribution in [2.24, 2.45) is 0 Å². The van der Waals surface area contributed by atoms with Crippen LogP contribution in [0.15, 0.2) is 176 Å². The zero-order valence-corrected chi connectivity index (χ0v) is 30.4. The summed E-state index contributed by atoms with van der Waals surface area (Å²) in [5.74, 6) is 0. The Balaban J connectivity index is 1.29. The van der Waals surface area contributed by atoms with Crippen LogP contribution in [0.1, 0.15) is 25.0 Å². The van der Waals surface area contributed by atoms with Gasteiger partial charge < -0.3 is 4.90 Å². The van der Waals surface area contributed by atoms with Gasteiger partial charge in [-0.1, -0.05) is 153 Å². The number of thiophene rings is 1. The lowest BCUT2D eigenvalue weighted by molar-refractivity contribution is 0.661. The van der Waals surface area contributed by atoms with Crippen LogP contribution in [0, 0.1) is 0 Å². The van der Waals surface area contributed by atoms with E-state index in [1.807, 2.05) is 11.3 Å². The molecule has 0 atom stereocenters. The second kappa shape index (κ2) is 11.4. The van der Waals surface area contributed by atoms with Crippen molar-refractivity contribution >= 4 is 80.9 Å². The molecule has 11 rings (SSSR count). The summed E-state index contributed by atoms with van der Waals surface area (Å²) in [4.78, 5) is 2.60. The van der Waals surface area contributed by atoms with Crippen LogP contribution < -0.4 is 4.90 Å². The topological polar surface area (TPSA) is 3.24 Å². The van der Waals surface area contributed by atoms with Gasteiger partial charge in [0.1, 0.15) is 0 Å². The smallest absolute Gasteiger partial charge is 0.0640 e. The van der Waals surface area contributed by atoms with Crippen molar-refractivity contribution in [1.29, 1.82) is 0 Å². The van der Waals surface area contributed by atoms with Crippen molar-refractivity contribution in [2.75, 3.05) is 4.90 Å². The third-order valence-electron chi connectivity index (χ3n) is 11.6. The van der Waals surface area contributed by atoms with Gasteiger partial charge in [-0.2, -0.15) is 0 Å². The molecule has 0 radical (unpaired) electrons. The molecule has 0 unspecified atom stereocenters. The quantitative estimate of drug-likeness (QED) is 0.177. The number of rotatable bonds is 4. The number of fused-ring (bicyclic) bond motifs is 9. The van der Waals surface area contributed by atoms with E-state index in [4.69, 9.17) is 0 Å². The summed E-state index contributed by atoms with van der Waals surface area (Å²) in [5, 5.41) is 10.1. The zero-order chi connectivity index (χ0) is 35.3. The van der Waals surface area contributed by atoms with Crippen LogP contribution >= 0.6 is 11.3 Å². The molecule has 0 spiro atoms. The van der Waals surface area contributed by atoms with E-state index < -0.39 is 0 Å². The Kier molecular flexibility index (Phi) is 6.53. The Hall–Kier alpha value is -6.22. The average molecular weight is 694 g/mol. The summed E-state index contributed by atoms with van der Waals surface area (Å²) in [7, 11) is 0. The van der Waals surface area contributed by atoms with E-state index in [1.165, 1.54) is 103 Å². The Bertz CT molecular complexity index is 3100. The van der Waals surface area contributed by atoms with Crippen molar-refractivity contribution in [3.05, 3.63) is 187 Å². The van der Waals surface area contributed by atoms with Crippen molar-refractivity contribution in [3.63, 3.8) is 0 Å². The van der Waals surface area contributed by atoms with Gasteiger partial charge >= 0.3 is 0 Å². The van der Waals surface area contributed by atoms with E-state index in [-0.39, 0.29) is 5.41 Å². The van der Waals surface area contributed by atoms with Crippen molar-refractivity contribution < 1.29 is 0 Å². The Morgan fingerprint density at radius 2 is 1.00 bits per heavy atom. The molecule has 1 nitrogen and oxygen atoms in total. The van der Waals surface area contributed by atoms with Gasteiger partial charge in [0.25, 0.3) is 0 Å². The lowest BCUT2D eigenvalue weighted by atomic mass is 9.80. The molecule has 0 aliphatic heterocycles. The minimum absolute atomic E-state index is 0.242. The van der Waals surface area contributed by atoms with Gasteiger partial charge in [-0.3, -0.25) is 0 Å². The molecule has 0 saturated heterocycles. The van der Waals surface area contributed by atoms with Gasteiger partial charge in [0.05, 0.1) is 21.8 Å². The number of benzene rings is 9. The monoisotopic (exact) mass is 693 g/mol. The molecule has 2 heteroatoms. The highest BCUT2D eigenvalue weighted by atomic mass is 32.1. The Morgan fingerprint density at radius 3 is 1.83 bits per heavy atom. The highest BCUT2D eigenvalue weighted by Crippen LogP contribution is 2.57. The molecule has 1 aliphatic carbocycles. The highest BCUT2D eigenvalue weighted by Gasteiger charge is 2.40. The van der Waals surface area contributed by atoms with E-state index in [2.05, 4.69) is 195 Å². The molecule has 1 aromatic heterocycles. The van der Waals surface area contributed by atoms with Crippen LogP contribution in [0.4, 0.5) is 17.1 Å². The van der Waals surface area contributed by atoms with Crippen LogP contribution in [0.5, 0.6) is 0 Å². The lowest BCUT2D eigenvalue weighted by Crippen LogP contribution is -2.21. The Morgan fingerprint density at radius 1 is 0.415 bits per heavy atom. The van der Waals surface area contributed by atoms with E-state index in [1.54, 1.807) is 0 Å². The molecule has 250 valence electrons. The molecule has 9 aromatic carbocycles. The highest BCUT2D eigenvalue weighted by molar-refractivity contribution is 7.26. The molecule has 53 heavy (non-hydrogen) atoms. The fraction of sp³-hybridized carbons (Fsp3) is 0.0588. The summed E-state index contributed by atoms with van der Waals surface area (Å²) in [6.45, 7) is 4.83. The van der Waals surface area contributed by atoms with Crippen LogP contribution in [-0.2, 0) is 5.41 Å². The molecule has 10 aromatic rings. The molecule has 0 N–H and O–H groups in total. The molecule has 0 saturated carbocycles. The van der Waals surface area contributed by atoms with Gasteiger partial charge in [-0.25, -0.2) is 0 Å². The molecular formula is C51H35NS. The second-order valence-corrected chi connectivity index (χ2v) is 15.9. The van der Waals surface area contributed by atoms with Gasteiger partial charge in [-0.05, 0) is 96.5 Å². The predicted octanol–water partition coefficient (Wildman–Crippen LogP) is 15.0. The first kappa shape index (κ1) is 30.4. The summed E-state index contributed by atoms with van der Waals surface area (Å²) in [6, 6.07) is 65.5. The fourth-order valence-electron chi connectivity index (χ4n) is 9.19. The van der Waals surface area contributed by atoms with Crippen LogP contribution in [0.2, 0.25) is 0 Å². The SMILES string of the molecule is CC1(C)c2cc3ccccc3cc2-c2cccc(N(c3ccc4ccccc4c3-c3cccc4ccccc34)c3cccc4c3sc3ccccc34)c21. The average Bonchev–Trinajstić information content (AvgIpc) is 3.69. The number of hydrogen-bond acceptors (Lipinski definition) is 2. The van der Waals surface area contributed by atoms with Crippen molar-refractivity contribution in [3.8, 4) is 22.3 Å². The largest absolute Gasteiger partial charge is 0.308 e. The van der Waals surface area contributed by atoms with E-state index >= 15 is 0 Å². The minimum Gasteiger partial charge on any atom is -0.308 e. The standard InChI is InChI=1S/C51H35NS/c1-51(2)43-31-35-17-4-3-16-34(35)30-42(43)40-23-12-25-45(49(40)51)52(46-26-13-24-41-38-21-9-10-27-47(38)53-50(41)46)44-29-28-33-15-6-8-20-37(33)48(44)39-22-11-18-32-14-5-7-19-36(32)39/h3-31H,1-2H3. The summed E-state index contributed by atoms with van der Waals surface area (Å²) >= 11 is 1.89. The number of nitrogens with zero attached hydrogens (tertiary/aromatic N) is 1. The van der Waals surface area contributed by atoms with E-state index in [0.29, 0.717) is 0 Å². The molecule has 1 aliphatic rings. The Labute approximate surface area is 313 Å². The molecule has 1 heterocycles. The first-order valence-electron chi connectivity index (χ1n) is 18.4. The number of hydrogen-bond donors (Lipinski definition) is 0. The molecule has 0 bridgehead atoms. The van der Waals surface area contributed by atoms with Crippen LogP contribution in [-0.4, -0.2) is 0 Å². The van der Waals surface area contributed by atoms with Gasteiger partial charge in [-0.15, -0.1) is 11.3 Å². The first-order chi connectivity index (χ1) is 26.1. The van der Waals surface area contributed by atoms with E-state index in [0.717, 1.165) is 0 Å². The van der Waals surface area contributed by atoms with Crippen LogP contribution in [0.25, 0.3) is 74.7 Å². The normalized spacial score (nSPS) is 13.2. The molecule has 0 amide bonds. The summed E-state index contributed by atoms with van der Waals surface area (Å²) in [5.41, 5.74) is 11.2. The first-order valence-corrected chi connectivity index (χ1v) is 19.3. The summed E-state index contributed by atoms with van der Waals surface area (Å²) < 4.78 is 2.60. The van der Waals surface area contributed by atoms with Crippen molar-refractivity contribution in [1.82, 2.24) is 0 Å². The minimum atomic E-state index is -0.242. The van der Waals surface area contributed by atoms with Gasteiger partial charge in [0.15, 0.2) is 0 Å². The maximum Gasteiger partial charge on any atom is 0.0640 e. The molecular weight excluding hydrogens is 659 g/mol. The lowest BCUT2D eigenvalue weighted by Gasteiger charge is -2.34. The maximum absolute atomic E-state index is 2.60. The van der Waals surface area contributed by atoms with Crippen LogP contribution in [0.3, 0.4) is 0 Å². The van der Waals surface area contributed by atoms with Crippen molar-refractivity contribution in [2.45, 2.75) is 19.3 Å². The third-order valence-corrected chi connectivity index (χ3v) is 12.8. The predicted molar refractivity (Wildman–Crippen MR) is 230 cm³/mol. The maximum atomic E-state index is 2.60. The van der Waals surface area contributed by atoms with E-state index in [9.17, 15) is 0 Å². The summed E-state index contributed by atoms with van der Waals surface area (Å²) in [6.07, 6.45) is 0. The fourth-order valence-corrected chi connectivity index (χ4v) is 10.4. The second-order valence-electron chi connectivity index (χ2n) is 14.9.